The van der Waals surface area contributed by atoms with Gasteiger partial charge >= 0.3 is 0 Å². The molecule has 0 aliphatic carbocycles. The highest BCUT2D eigenvalue weighted by Crippen LogP contribution is 2.25. The third-order valence-electron chi connectivity index (χ3n) is 4.70. The fourth-order valence-electron chi connectivity index (χ4n) is 3.33. The first kappa shape index (κ1) is 17.2. The number of benzene rings is 1. The number of likely N-dealkylation sites (tertiary alicyclic amines) is 1. The molecule has 0 saturated carbocycles. The molecule has 132 valence electrons. The van der Waals surface area contributed by atoms with Crippen molar-refractivity contribution in [2.24, 2.45) is 5.92 Å². The molecule has 2 aliphatic heterocycles. The summed E-state index contributed by atoms with van der Waals surface area (Å²) in [6.07, 6.45) is 2.00. The summed E-state index contributed by atoms with van der Waals surface area (Å²) in [7, 11) is 1.64. The topological polar surface area (TPSA) is 60.0 Å². The molecule has 0 radical (unpaired) electrons. The lowest BCUT2D eigenvalue weighted by atomic mass is 9.96. The summed E-state index contributed by atoms with van der Waals surface area (Å²) < 4.78 is 16.5. The van der Waals surface area contributed by atoms with E-state index in [0.717, 1.165) is 37.2 Å². The van der Waals surface area contributed by atoms with Crippen LogP contribution in [0.5, 0.6) is 5.75 Å². The summed E-state index contributed by atoms with van der Waals surface area (Å²) in [5.74, 6) is 1.31. The molecule has 2 saturated heterocycles. The quantitative estimate of drug-likeness (QED) is 0.852. The Hall–Kier alpha value is -1.63. The largest absolute Gasteiger partial charge is 0.496 e. The van der Waals surface area contributed by atoms with E-state index >= 15 is 0 Å². The van der Waals surface area contributed by atoms with Crippen LogP contribution in [0.25, 0.3) is 0 Å². The molecule has 0 atom stereocenters. The predicted octanol–water partition coefficient (Wildman–Crippen LogP) is 1.40. The summed E-state index contributed by atoms with van der Waals surface area (Å²) in [5, 5.41) is 2.98. The second kappa shape index (κ2) is 8.46. The van der Waals surface area contributed by atoms with Gasteiger partial charge in [0.05, 0.1) is 26.9 Å². The van der Waals surface area contributed by atoms with E-state index in [0.29, 0.717) is 32.2 Å². The molecule has 1 aromatic carbocycles. The molecule has 6 heteroatoms. The molecule has 0 bridgehead atoms. The Morgan fingerprint density at radius 1 is 1.25 bits per heavy atom. The zero-order valence-corrected chi connectivity index (χ0v) is 14.2. The van der Waals surface area contributed by atoms with Gasteiger partial charge in [0.25, 0.3) is 0 Å². The van der Waals surface area contributed by atoms with E-state index in [1.54, 1.807) is 7.11 Å². The molecule has 2 fully saturated rings. The Labute approximate surface area is 143 Å². The SMILES string of the molecule is COc1ccccc1CNC(=O)CN1CCC(C2OCCO2)CC1. The van der Waals surface area contributed by atoms with Crippen molar-refractivity contribution in [1.82, 2.24) is 10.2 Å². The van der Waals surface area contributed by atoms with E-state index in [1.165, 1.54) is 0 Å². The molecule has 0 unspecified atom stereocenters. The number of hydrogen-bond acceptors (Lipinski definition) is 5. The molecule has 1 aromatic rings. The van der Waals surface area contributed by atoms with Crippen LogP contribution in [0.4, 0.5) is 0 Å². The number of nitrogens with one attached hydrogen (secondary N) is 1. The fraction of sp³-hybridized carbons (Fsp3) is 0.611. The predicted molar refractivity (Wildman–Crippen MR) is 89.7 cm³/mol. The molecule has 0 spiro atoms. The van der Waals surface area contributed by atoms with Crippen LogP contribution >= 0.6 is 0 Å². The maximum absolute atomic E-state index is 12.2. The molecule has 0 aromatic heterocycles. The van der Waals surface area contributed by atoms with Crippen molar-refractivity contribution in [2.45, 2.75) is 25.7 Å². The first-order valence-corrected chi connectivity index (χ1v) is 8.60. The monoisotopic (exact) mass is 334 g/mol. The second-order valence-electron chi connectivity index (χ2n) is 6.31. The first-order valence-electron chi connectivity index (χ1n) is 8.60. The minimum atomic E-state index is -0.0356. The maximum atomic E-state index is 12.2. The van der Waals surface area contributed by atoms with Crippen LogP contribution in [0.1, 0.15) is 18.4 Å². The van der Waals surface area contributed by atoms with Crippen molar-refractivity contribution in [1.29, 1.82) is 0 Å². The Morgan fingerprint density at radius 2 is 1.96 bits per heavy atom. The number of para-hydroxylation sites is 1. The number of amides is 1. The number of hydrogen-bond donors (Lipinski definition) is 1. The van der Waals surface area contributed by atoms with Crippen LogP contribution in [0, 0.1) is 5.92 Å². The van der Waals surface area contributed by atoms with Crippen LogP contribution in [-0.4, -0.2) is 57.1 Å². The van der Waals surface area contributed by atoms with Gasteiger partial charge in [-0.3, -0.25) is 9.69 Å². The molecule has 1 amide bonds. The Balaban J connectivity index is 1.39. The van der Waals surface area contributed by atoms with Crippen LogP contribution in [-0.2, 0) is 20.8 Å². The summed E-state index contributed by atoms with van der Waals surface area (Å²) in [6.45, 7) is 4.16. The lowest BCUT2D eigenvalue weighted by Crippen LogP contribution is -2.43. The number of rotatable bonds is 6. The van der Waals surface area contributed by atoms with Gasteiger partial charge in [0.2, 0.25) is 5.91 Å². The lowest BCUT2D eigenvalue weighted by molar-refractivity contribution is -0.124. The molecule has 3 rings (SSSR count). The van der Waals surface area contributed by atoms with Gasteiger partial charge in [-0.05, 0) is 32.0 Å². The molecule has 2 aliphatic rings. The van der Waals surface area contributed by atoms with Gasteiger partial charge in [0, 0.05) is 18.0 Å². The van der Waals surface area contributed by atoms with E-state index in [9.17, 15) is 4.79 Å². The van der Waals surface area contributed by atoms with Crippen molar-refractivity contribution < 1.29 is 19.0 Å². The van der Waals surface area contributed by atoms with Crippen molar-refractivity contribution in [3.8, 4) is 5.75 Å². The molecule has 1 N–H and O–H groups in total. The summed E-state index contributed by atoms with van der Waals surface area (Å²) in [4.78, 5) is 14.4. The number of ether oxygens (including phenoxy) is 3. The smallest absolute Gasteiger partial charge is 0.234 e. The summed E-state index contributed by atoms with van der Waals surface area (Å²) in [6, 6.07) is 7.74. The lowest BCUT2D eigenvalue weighted by Gasteiger charge is -2.33. The van der Waals surface area contributed by atoms with Gasteiger partial charge < -0.3 is 19.5 Å². The van der Waals surface area contributed by atoms with E-state index in [2.05, 4.69) is 10.2 Å². The highest BCUT2D eigenvalue weighted by molar-refractivity contribution is 5.78. The highest BCUT2D eigenvalue weighted by atomic mass is 16.7. The average Bonchev–Trinajstić information content (AvgIpc) is 3.15. The Kier molecular flexibility index (Phi) is 6.07. The number of carbonyl (C=O) groups is 1. The highest BCUT2D eigenvalue weighted by Gasteiger charge is 2.30. The zero-order valence-electron chi connectivity index (χ0n) is 14.2. The van der Waals surface area contributed by atoms with Gasteiger partial charge in [-0.25, -0.2) is 0 Å². The Morgan fingerprint density at radius 3 is 2.67 bits per heavy atom. The van der Waals surface area contributed by atoms with Crippen molar-refractivity contribution >= 4 is 5.91 Å². The zero-order chi connectivity index (χ0) is 16.8. The number of nitrogens with zero attached hydrogens (tertiary/aromatic N) is 1. The standard InChI is InChI=1S/C18H26N2O4/c1-22-16-5-3-2-4-15(16)12-19-17(21)13-20-8-6-14(7-9-20)18-23-10-11-24-18/h2-5,14,18H,6-13H2,1H3,(H,19,21). The van der Waals surface area contributed by atoms with Crippen molar-refractivity contribution in [2.75, 3.05) is 40.0 Å². The average molecular weight is 334 g/mol. The normalized spacial score (nSPS) is 20.2. The molecule has 24 heavy (non-hydrogen) atoms. The fourth-order valence-corrected chi connectivity index (χ4v) is 3.33. The third kappa shape index (κ3) is 4.47. The van der Waals surface area contributed by atoms with Gasteiger partial charge in [-0.2, -0.15) is 0 Å². The van der Waals surface area contributed by atoms with Gasteiger partial charge in [-0.1, -0.05) is 18.2 Å². The minimum Gasteiger partial charge on any atom is -0.496 e. The molecular weight excluding hydrogens is 308 g/mol. The first-order chi connectivity index (χ1) is 11.8. The van der Waals surface area contributed by atoms with Crippen LogP contribution in [0.3, 0.4) is 0 Å². The summed E-state index contributed by atoms with van der Waals surface area (Å²) >= 11 is 0. The summed E-state index contributed by atoms with van der Waals surface area (Å²) in [5.41, 5.74) is 0.989. The second-order valence-corrected chi connectivity index (χ2v) is 6.31. The number of piperidine rings is 1. The van der Waals surface area contributed by atoms with E-state index in [1.807, 2.05) is 24.3 Å². The van der Waals surface area contributed by atoms with E-state index < -0.39 is 0 Å². The third-order valence-corrected chi connectivity index (χ3v) is 4.70. The minimum absolute atomic E-state index is 0.0356. The van der Waals surface area contributed by atoms with Crippen LogP contribution in [0.2, 0.25) is 0 Å². The van der Waals surface area contributed by atoms with Gasteiger partial charge in [0.15, 0.2) is 6.29 Å². The van der Waals surface area contributed by atoms with E-state index in [4.69, 9.17) is 14.2 Å². The number of methoxy groups -OCH3 is 1. The van der Waals surface area contributed by atoms with E-state index in [-0.39, 0.29) is 12.2 Å². The van der Waals surface area contributed by atoms with Gasteiger partial charge in [-0.15, -0.1) is 0 Å². The molecular formula is C18H26N2O4. The molecule has 2 heterocycles. The molecule has 6 nitrogen and oxygen atoms in total. The maximum Gasteiger partial charge on any atom is 0.234 e. The van der Waals surface area contributed by atoms with Crippen LogP contribution in [0.15, 0.2) is 24.3 Å². The Bertz CT molecular complexity index is 538. The van der Waals surface area contributed by atoms with Crippen molar-refractivity contribution in [3.05, 3.63) is 29.8 Å². The van der Waals surface area contributed by atoms with Crippen molar-refractivity contribution in [3.63, 3.8) is 0 Å². The van der Waals surface area contributed by atoms with Gasteiger partial charge in [0.1, 0.15) is 5.75 Å². The van der Waals surface area contributed by atoms with Crippen LogP contribution < -0.4 is 10.1 Å². The number of carbonyl (C=O) groups excluding carboxylic acids is 1.